The normalized spacial score (nSPS) is 10.7. The molecule has 0 aliphatic rings. The lowest BCUT2D eigenvalue weighted by atomic mass is 10.2. The Morgan fingerprint density at radius 1 is 1.03 bits per heavy atom. The summed E-state index contributed by atoms with van der Waals surface area (Å²) in [7, 11) is 0. The molecule has 1 amide bonds. The summed E-state index contributed by atoms with van der Waals surface area (Å²) in [4.78, 5) is 17.1. The molecule has 0 aliphatic heterocycles. The Balaban J connectivity index is 1.75. The number of nitrogens with one attached hydrogen (secondary N) is 1. The van der Waals surface area contributed by atoms with Crippen LogP contribution in [0.2, 0.25) is 5.02 Å². The van der Waals surface area contributed by atoms with Gasteiger partial charge in [0.2, 0.25) is 5.82 Å². The summed E-state index contributed by atoms with van der Waals surface area (Å²) in [6.07, 6.45) is 0. The van der Waals surface area contributed by atoms with Crippen LogP contribution in [0.3, 0.4) is 0 Å². The van der Waals surface area contributed by atoms with Gasteiger partial charge in [0.25, 0.3) is 5.91 Å². The van der Waals surface area contributed by atoms with Gasteiger partial charge in [-0.15, -0.1) is 5.10 Å². The fourth-order valence-electron chi connectivity index (χ4n) is 2.71. The van der Waals surface area contributed by atoms with Gasteiger partial charge in [0.15, 0.2) is 5.82 Å². The number of amides is 1. The Hall–Kier alpha value is -3.03. The van der Waals surface area contributed by atoms with E-state index in [1.54, 1.807) is 41.1 Å². The standard InChI is InChI=1S/C21H13BrClFN4O/c22-14-6-10-18(11-7-14)28-20(13-4-8-16(24)9-5-13)26-19(27-28)21(29)25-17-3-1-2-15(23)12-17/h1-12H,(H,25,29). The second-order valence-corrected chi connectivity index (χ2v) is 7.47. The molecule has 1 aromatic heterocycles. The quantitative estimate of drug-likeness (QED) is 0.413. The number of hydrogen-bond donors (Lipinski definition) is 1. The molecular weight excluding hydrogens is 459 g/mol. The highest BCUT2D eigenvalue weighted by molar-refractivity contribution is 9.10. The van der Waals surface area contributed by atoms with Gasteiger partial charge in [0.1, 0.15) is 5.82 Å². The predicted molar refractivity (Wildman–Crippen MR) is 114 cm³/mol. The number of carbonyl (C=O) groups excluding carboxylic acids is 1. The van der Waals surface area contributed by atoms with Gasteiger partial charge >= 0.3 is 0 Å². The minimum absolute atomic E-state index is 0.0211. The highest BCUT2D eigenvalue weighted by atomic mass is 79.9. The first-order chi connectivity index (χ1) is 14.0. The van der Waals surface area contributed by atoms with Gasteiger partial charge in [0.05, 0.1) is 5.69 Å². The van der Waals surface area contributed by atoms with Gasteiger partial charge in [-0.05, 0) is 66.7 Å². The SMILES string of the molecule is O=C(Nc1cccc(Cl)c1)c1nc(-c2ccc(F)cc2)n(-c2ccc(Br)cc2)n1. The lowest BCUT2D eigenvalue weighted by molar-refractivity contribution is 0.101. The molecule has 0 radical (unpaired) electrons. The first kappa shape index (κ1) is 19.3. The van der Waals surface area contributed by atoms with Crippen molar-refractivity contribution in [1.82, 2.24) is 14.8 Å². The molecule has 0 bridgehead atoms. The number of hydrogen-bond acceptors (Lipinski definition) is 3. The van der Waals surface area contributed by atoms with Crippen molar-refractivity contribution >= 4 is 39.1 Å². The maximum Gasteiger partial charge on any atom is 0.295 e. The van der Waals surface area contributed by atoms with Crippen LogP contribution in [0.25, 0.3) is 17.1 Å². The molecule has 0 saturated carbocycles. The van der Waals surface area contributed by atoms with Gasteiger partial charge in [-0.2, -0.15) is 0 Å². The molecule has 0 spiro atoms. The fourth-order valence-corrected chi connectivity index (χ4v) is 3.16. The third kappa shape index (κ3) is 4.36. The minimum atomic E-state index is -0.480. The third-order valence-electron chi connectivity index (χ3n) is 4.07. The van der Waals surface area contributed by atoms with Gasteiger partial charge in [0, 0.05) is 20.7 Å². The molecule has 3 aromatic carbocycles. The van der Waals surface area contributed by atoms with E-state index in [0.717, 1.165) is 4.47 Å². The number of nitrogens with zero attached hydrogens (tertiary/aromatic N) is 3. The third-order valence-corrected chi connectivity index (χ3v) is 4.83. The number of aromatic nitrogens is 3. The van der Waals surface area contributed by atoms with E-state index >= 15 is 0 Å². The van der Waals surface area contributed by atoms with E-state index in [1.807, 2.05) is 24.3 Å². The zero-order valence-corrected chi connectivity index (χ0v) is 17.2. The lowest BCUT2D eigenvalue weighted by Crippen LogP contribution is -2.14. The predicted octanol–water partition coefficient (Wildman–Crippen LogP) is 5.74. The number of benzene rings is 3. The van der Waals surface area contributed by atoms with Crippen LogP contribution in [0, 0.1) is 5.82 Å². The molecule has 1 N–H and O–H groups in total. The van der Waals surface area contributed by atoms with Crippen LogP contribution >= 0.6 is 27.5 Å². The summed E-state index contributed by atoms with van der Waals surface area (Å²) in [6, 6.07) is 20.0. The zero-order chi connectivity index (χ0) is 20.4. The first-order valence-corrected chi connectivity index (χ1v) is 9.72. The molecule has 29 heavy (non-hydrogen) atoms. The Bertz CT molecular complexity index is 1110. The molecule has 0 fully saturated rings. The van der Waals surface area contributed by atoms with E-state index in [4.69, 9.17) is 11.6 Å². The summed E-state index contributed by atoms with van der Waals surface area (Å²) in [5.74, 6) is -0.440. The Morgan fingerprint density at radius 2 is 1.76 bits per heavy atom. The largest absolute Gasteiger partial charge is 0.319 e. The van der Waals surface area contributed by atoms with E-state index in [1.165, 1.54) is 12.1 Å². The number of carbonyl (C=O) groups is 1. The fraction of sp³-hybridized carbons (Fsp3) is 0. The van der Waals surface area contributed by atoms with Crippen LogP contribution in [0.4, 0.5) is 10.1 Å². The van der Waals surface area contributed by atoms with E-state index in [9.17, 15) is 9.18 Å². The number of anilines is 1. The second-order valence-electron chi connectivity index (χ2n) is 6.12. The lowest BCUT2D eigenvalue weighted by Gasteiger charge is -2.06. The molecule has 1 heterocycles. The summed E-state index contributed by atoms with van der Waals surface area (Å²) in [6.45, 7) is 0. The molecule has 4 rings (SSSR count). The average molecular weight is 472 g/mol. The Kier molecular flexibility index (Phi) is 5.42. The smallest absolute Gasteiger partial charge is 0.295 e. The number of rotatable bonds is 4. The molecule has 5 nitrogen and oxygen atoms in total. The van der Waals surface area contributed by atoms with Crippen molar-refractivity contribution in [3.8, 4) is 17.1 Å². The van der Waals surface area contributed by atoms with Crippen molar-refractivity contribution in [1.29, 1.82) is 0 Å². The van der Waals surface area contributed by atoms with Gasteiger partial charge in [-0.1, -0.05) is 33.6 Å². The second kappa shape index (κ2) is 8.14. The maximum atomic E-state index is 13.4. The van der Waals surface area contributed by atoms with Gasteiger partial charge < -0.3 is 5.32 Å². The van der Waals surface area contributed by atoms with Crippen molar-refractivity contribution in [3.63, 3.8) is 0 Å². The molecule has 0 saturated heterocycles. The van der Waals surface area contributed by atoms with E-state index < -0.39 is 5.91 Å². The number of halogens is 3. The highest BCUT2D eigenvalue weighted by Gasteiger charge is 2.19. The van der Waals surface area contributed by atoms with Crippen LogP contribution in [-0.2, 0) is 0 Å². The monoisotopic (exact) mass is 470 g/mol. The minimum Gasteiger partial charge on any atom is -0.319 e. The van der Waals surface area contributed by atoms with Crippen LogP contribution in [-0.4, -0.2) is 20.7 Å². The molecule has 0 unspecified atom stereocenters. The topological polar surface area (TPSA) is 59.8 Å². The van der Waals surface area contributed by atoms with Crippen molar-refractivity contribution in [2.75, 3.05) is 5.32 Å². The molecule has 4 aromatic rings. The van der Waals surface area contributed by atoms with Crippen molar-refractivity contribution in [2.24, 2.45) is 0 Å². The molecule has 144 valence electrons. The van der Waals surface area contributed by atoms with Crippen LogP contribution in [0.15, 0.2) is 77.3 Å². The highest BCUT2D eigenvalue weighted by Crippen LogP contribution is 2.23. The summed E-state index contributed by atoms with van der Waals surface area (Å²) >= 11 is 9.37. The van der Waals surface area contributed by atoms with Crippen molar-refractivity contribution < 1.29 is 9.18 Å². The van der Waals surface area contributed by atoms with E-state index in [-0.39, 0.29) is 11.6 Å². The first-order valence-electron chi connectivity index (χ1n) is 8.55. The van der Waals surface area contributed by atoms with Gasteiger partial charge in [-0.25, -0.2) is 14.1 Å². The molecule has 8 heteroatoms. The van der Waals surface area contributed by atoms with E-state index in [2.05, 4.69) is 31.3 Å². The van der Waals surface area contributed by atoms with Crippen LogP contribution in [0.1, 0.15) is 10.6 Å². The van der Waals surface area contributed by atoms with Crippen molar-refractivity contribution in [3.05, 3.63) is 93.9 Å². The maximum absolute atomic E-state index is 13.4. The molecular formula is C21H13BrClFN4O. The van der Waals surface area contributed by atoms with Crippen LogP contribution < -0.4 is 5.32 Å². The Labute approximate surface area is 179 Å². The average Bonchev–Trinajstić information content (AvgIpc) is 3.15. The van der Waals surface area contributed by atoms with Gasteiger partial charge in [-0.3, -0.25) is 4.79 Å². The zero-order valence-electron chi connectivity index (χ0n) is 14.8. The molecule has 0 aliphatic carbocycles. The van der Waals surface area contributed by atoms with E-state index in [0.29, 0.717) is 27.8 Å². The summed E-state index contributed by atoms with van der Waals surface area (Å²) in [5, 5.41) is 7.61. The van der Waals surface area contributed by atoms with Crippen molar-refractivity contribution in [2.45, 2.75) is 0 Å². The Morgan fingerprint density at radius 3 is 2.45 bits per heavy atom. The van der Waals surface area contributed by atoms with Crippen LogP contribution in [0.5, 0.6) is 0 Å². The summed E-state index contributed by atoms with van der Waals surface area (Å²) in [5.41, 5.74) is 1.87. The molecule has 0 atom stereocenters. The summed E-state index contributed by atoms with van der Waals surface area (Å²) < 4.78 is 15.8.